The van der Waals surface area contributed by atoms with Crippen LogP contribution in [0, 0.1) is 6.92 Å². The van der Waals surface area contributed by atoms with Crippen LogP contribution < -0.4 is 5.56 Å². The monoisotopic (exact) mass is 345 g/mol. The van der Waals surface area contributed by atoms with Gasteiger partial charge in [0, 0.05) is 16.8 Å². The summed E-state index contributed by atoms with van der Waals surface area (Å²) in [7, 11) is 0. The number of hydrogen-bond donors (Lipinski definition) is 0. The zero-order valence-electron chi connectivity index (χ0n) is 14.8. The maximum Gasteiger partial charge on any atom is 0.262 e. The molecule has 0 atom stereocenters. The molecular weight excluding hydrogens is 326 g/mol. The quantitative estimate of drug-likeness (QED) is 0.533. The molecule has 0 aliphatic rings. The van der Waals surface area contributed by atoms with Gasteiger partial charge >= 0.3 is 0 Å². The molecule has 4 rings (SSSR count). The lowest BCUT2D eigenvalue weighted by Crippen LogP contribution is -2.26. The Bertz CT molecular complexity index is 1190. The highest BCUT2D eigenvalue weighted by molar-refractivity contribution is 5.96. The molecule has 0 bridgehead atoms. The summed E-state index contributed by atoms with van der Waals surface area (Å²) in [5.74, 6) is 0.503. The summed E-state index contributed by atoms with van der Waals surface area (Å²) in [6, 6.07) is 16.7. The van der Waals surface area contributed by atoms with E-state index >= 15 is 0 Å². The van der Waals surface area contributed by atoms with Gasteiger partial charge in [-0.1, -0.05) is 49.4 Å². The van der Waals surface area contributed by atoms with Crippen molar-refractivity contribution in [2.75, 3.05) is 0 Å². The number of carbonyl (C=O) groups is 1. The largest absolute Gasteiger partial charge is 0.307 e. The number of fused-ring (bicyclic) bond motifs is 3. The standard InChI is InChI=1S/C21H19N3O2/c1-3-16-14(2)23(13-19(25)15-9-5-4-6-10-15)21-22-17-11-7-8-12-18(17)24(21)20(16)26/h4-12H,3,13H2,1-2H3. The Morgan fingerprint density at radius 3 is 2.46 bits per heavy atom. The van der Waals surface area contributed by atoms with Gasteiger partial charge in [-0.25, -0.2) is 9.38 Å². The molecule has 4 aromatic rings. The van der Waals surface area contributed by atoms with Gasteiger partial charge in [0.15, 0.2) is 5.78 Å². The molecule has 5 nitrogen and oxygen atoms in total. The van der Waals surface area contributed by atoms with Gasteiger partial charge in [-0.15, -0.1) is 0 Å². The number of benzene rings is 2. The molecule has 2 aromatic heterocycles. The first-order chi connectivity index (χ1) is 12.6. The number of para-hydroxylation sites is 2. The van der Waals surface area contributed by atoms with Gasteiger partial charge in [0.25, 0.3) is 5.56 Å². The van der Waals surface area contributed by atoms with Crippen molar-refractivity contribution in [2.45, 2.75) is 26.8 Å². The lowest BCUT2D eigenvalue weighted by atomic mass is 10.1. The minimum atomic E-state index is -0.0582. The molecule has 0 fully saturated rings. The molecule has 0 saturated carbocycles. The van der Waals surface area contributed by atoms with Crippen molar-refractivity contribution in [3.63, 3.8) is 0 Å². The van der Waals surface area contributed by atoms with Gasteiger partial charge in [0.2, 0.25) is 5.78 Å². The van der Waals surface area contributed by atoms with E-state index < -0.39 is 0 Å². The Morgan fingerprint density at radius 2 is 1.73 bits per heavy atom. The van der Waals surface area contributed by atoms with Gasteiger partial charge in [-0.2, -0.15) is 0 Å². The number of rotatable bonds is 4. The number of hydrogen-bond acceptors (Lipinski definition) is 3. The molecule has 0 aliphatic carbocycles. The van der Waals surface area contributed by atoms with E-state index in [1.807, 2.05) is 60.9 Å². The number of aromatic nitrogens is 3. The second-order valence-corrected chi connectivity index (χ2v) is 6.33. The molecule has 0 saturated heterocycles. The Labute approximate surface area is 150 Å². The van der Waals surface area contributed by atoms with Crippen LogP contribution in [0.5, 0.6) is 0 Å². The average Bonchev–Trinajstić information content (AvgIpc) is 3.05. The minimum absolute atomic E-state index is 0.00615. The zero-order chi connectivity index (χ0) is 18.3. The third kappa shape index (κ3) is 2.44. The molecular formula is C21H19N3O2. The predicted molar refractivity (Wildman–Crippen MR) is 102 cm³/mol. The van der Waals surface area contributed by atoms with Crippen LogP contribution >= 0.6 is 0 Å². The number of nitrogens with zero attached hydrogens (tertiary/aromatic N) is 3. The smallest absolute Gasteiger partial charge is 0.262 e. The minimum Gasteiger partial charge on any atom is -0.307 e. The van der Waals surface area contributed by atoms with E-state index in [1.54, 1.807) is 16.5 Å². The molecule has 0 N–H and O–H groups in total. The second-order valence-electron chi connectivity index (χ2n) is 6.33. The second kappa shape index (κ2) is 6.26. The molecule has 130 valence electrons. The first-order valence-electron chi connectivity index (χ1n) is 8.69. The molecule has 5 heteroatoms. The highest BCUT2D eigenvalue weighted by Crippen LogP contribution is 2.18. The molecule has 0 spiro atoms. The average molecular weight is 345 g/mol. The van der Waals surface area contributed by atoms with Crippen molar-refractivity contribution in [1.29, 1.82) is 0 Å². The summed E-state index contributed by atoms with van der Waals surface area (Å²) >= 11 is 0. The van der Waals surface area contributed by atoms with Crippen LogP contribution in [0.2, 0.25) is 0 Å². The van der Waals surface area contributed by atoms with Crippen molar-refractivity contribution < 1.29 is 4.79 Å². The maximum atomic E-state index is 13.0. The predicted octanol–water partition coefficient (Wildman–Crippen LogP) is 3.40. The number of carbonyl (C=O) groups excluding carboxylic acids is 1. The molecule has 26 heavy (non-hydrogen) atoms. The van der Waals surface area contributed by atoms with Crippen molar-refractivity contribution in [2.24, 2.45) is 0 Å². The fourth-order valence-corrected chi connectivity index (χ4v) is 3.45. The van der Waals surface area contributed by atoms with Gasteiger partial charge in [-0.05, 0) is 25.5 Å². The van der Waals surface area contributed by atoms with Crippen molar-refractivity contribution in [1.82, 2.24) is 14.0 Å². The SMILES string of the molecule is CCc1c(C)n(CC(=O)c2ccccc2)c2nc3ccccc3n2c1=O. The lowest BCUT2D eigenvalue weighted by Gasteiger charge is -2.15. The van der Waals surface area contributed by atoms with Crippen LogP contribution in [0.4, 0.5) is 0 Å². The van der Waals surface area contributed by atoms with Gasteiger partial charge in [0.1, 0.15) is 0 Å². The molecule has 0 amide bonds. The topological polar surface area (TPSA) is 56.4 Å². The fraction of sp³-hybridized carbons (Fsp3) is 0.190. The van der Waals surface area contributed by atoms with E-state index in [1.165, 1.54) is 0 Å². The molecule has 0 aliphatic heterocycles. The highest BCUT2D eigenvalue weighted by atomic mass is 16.1. The van der Waals surface area contributed by atoms with Crippen molar-refractivity contribution >= 4 is 22.6 Å². The lowest BCUT2D eigenvalue weighted by molar-refractivity contribution is 0.0972. The van der Waals surface area contributed by atoms with E-state index in [0.29, 0.717) is 23.3 Å². The first kappa shape index (κ1) is 16.3. The maximum absolute atomic E-state index is 13.0. The summed E-state index contributed by atoms with van der Waals surface area (Å²) in [4.78, 5) is 30.4. The summed E-state index contributed by atoms with van der Waals surface area (Å²) in [6.45, 7) is 3.99. The Balaban J connectivity index is 1.99. The summed E-state index contributed by atoms with van der Waals surface area (Å²) in [5, 5.41) is 0. The van der Waals surface area contributed by atoms with E-state index in [2.05, 4.69) is 4.98 Å². The Hall–Kier alpha value is -3.21. The van der Waals surface area contributed by atoms with Crippen molar-refractivity contribution in [3.05, 3.63) is 81.8 Å². The zero-order valence-corrected chi connectivity index (χ0v) is 14.8. The number of imidazole rings is 1. The number of Topliss-reactive ketones (excluding diaryl/α,β-unsaturated/α-hetero) is 1. The Morgan fingerprint density at radius 1 is 1.04 bits per heavy atom. The van der Waals surface area contributed by atoms with Crippen LogP contribution in [0.15, 0.2) is 59.4 Å². The van der Waals surface area contributed by atoms with E-state index in [-0.39, 0.29) is 17.9 Å². The third-order valence-electron chi connectivity index (χ3n) is 4.84. The first-order valence-corrected chi connectivity index (χ1v) is 8.69. The van der Waals surface area contributed by atoms with E-state index in [9.17, 15) is 9.59 Å². The van der Waals surface area contributed by atoms with Crippen LogP contribution in [0.1, 0.15) is 28.5 Å². The van der Waals surface area contributed by atoms with Gasteiger partial charge < -0.3 is 4.57 Å². The normalized spacial score (nSPS) is 11.3. The summed E-state index contributed by atoms with van der Waals surface area (Å²) in [6.07, 6.45) is 0.604. The third-order valence-corrected chi connectivity index (χ3v) is 4.84. The number of ketones is 1. The summed E-state index contributed by atoms with van der Waals surface area (Å²) < 4.78 is 3.48. The van der Waals surface area contributed by atoms with Crippen LogP contribution in [0.25, 0.3) is 16.8 Å². The van der Waals surface area contributed by atoms with E-state index in [0.717, 1.165) is 16.7 Å². The summed E-state index contributed by atoms with van der Waals surface area (Å²) in [5.41, 5.74) is 3.61. The Kier molecular flexibility index (Phi) is 3.92. The molecule has 0 unspecified atom stereocenters. The van der Waals surface area contributed by atoms with Gasteiger partial charge in [-0.3, -0.25) is 9.59 Å². The molecule has 2 aromatic carbocycles. The van der Waals surface area contributed by atoms with Crippen LogP contribution in [-0.4, -0.2) is 19.7 Å². The van der Waals surface area contributed by atoms with Gasteiger partial charge in [0.05, 0.1) is 17.6 Å². The van der Waals surface area contributed by atoms with Crippen molar-refractivity contribution in [3.8, 4) is 0 Å². The fourth-order valence-electron chi connectivity index (χ4n) is 3.45. The van der Waals surface area contributed by atoms with Crippen LogP contribution in [-0.2, 0) is 13.0 Å². The van der Waals surface area contributed by atoms with E-state index in [4.69, 9.17) is 0 Å². The van der Waals surface area contributed by atoms with Crippen LogP contribution in [0.3, 0.4) is 0 Å². The highest BCUT2D eigenvalue weighted by Gasteiger charge is 2.19. The molecule has 0 radical (unpaired) electrons. The molecule has 2 heterocycles.